The molecule has 0 heterocycles. The van der Waals surface area contributed by atoms with Crippen LogP contribution in [0.2, 0.25) is 0 Å². The molecule has 0 radical (unpaired) electrons. The SMILES string of the molecule is CCCCC(CC)C(=O)c1cccc(OC(C)C)c1. The highest BCUT2D eigenvalue weighted by atomic mass is 16.5. The van der Waals surface area contributed by atoms with Crippen LogP contribution in [0, 0.1) is 5.92 Å². The molecule has 0 amide bonds. The van der Waals surface area contributed by atoms with Gasteiger partial charge in [0.2, 0.25) is 0 Å². The minimum atomic E-state index is 0.132. The monoisotopic (exact) mass is 262 g/mol. The normalized spacial score (nSPS) is 12.5. The molecule has 0 aromatic heterocycles. The number of ether oxygens (including phenoxy) is 1. The Morgan fingerprint density at radius 3 is 2.58 bits per heavy atom. The first-order chi connectivity index (χ1) is 9.08. The van der Waals surface area contributed by atoms with Crippen LogP contribution in [0.15, 0.2) is 24.3 Å². The number of carbonyl (C=O) groups excluding carboxylic acids is 1. The van der Waals surface area contributed by atoms with Gasteiger partial charge >= 0.3 is 0 Å². The summed E-state index contributed by atoms with van der Waals surface area (Å²) in [5.74, 6) is 1.19. The van der Waals surface area contributed by atoms with Crippen molar-refractivity contribution in [2.24, 2.45) is 5.92 Å². The van der Waals surface area contributed by atoms with Crippen molar-refractivity contribution < 1.29 is 9.53 Å². The summed E-state index contributed by atoms with van der Waals surface area (Å²) < 4.78 is 5.65. The lowest BCUT2D eigenvalue weighted by Crippen LogP contribution is -2.14. The average Bonchev–Trinajstić information content (AvgIpc) is 2.39. The fourth-order valence-corrected chi connectivity index (χ4v) is 2.20. The molecule has 0 N–H and O–H groups in total. The van der Waals surface area contributed by atoms with Gasteiger partial charge in [0, 0.05) is 11.5 Å². The molecule has 2 heteroatoms. The molecule has 1 aromatic rings. The van der Waals surface area contributed by atoms with E-state index >= 15 is 0 Å². The molecule has 1 rings (SSSR count). The van der Waals surface area contributed by atoms with E-state index in [9.17, 15) is 4.79 Å². The predicted octanol–water partition coefficient (Wildman–Crippen LogP) is 4.87. The van der Waals surface area contributed by atoms with Gasteiger partial charge in [0.15, 0.2) is 5.78 Å². The summed E-state index contributed by atoms with van der Waals surface area (Å²) in [5, 5.41) is 0. The van der Waals surface area contributed by atoms with Crippen LogP contribution in [0.3, 0.4) is 0 Å². The van der Waals surface area contributed by atoms with E-state index in [2.05, 4.69) is 13.8 Å². The zero-order valence-electron chi connectivity index (χ0n) is 12.6. The fraction of sp³-hybridized carbons (Fsp3) is 0.588. The van der Waals surface area contributed by atoms with Gasteiger partial charge in [-0.05, 0) is 38.8 Å². The highest BCUT2D eigenvalue weighted by Gasteiger charge is 2.18. The van der Waals surface area contributed by atoms with E-state index in [-0.39, 0.29) is 17.8 Å². The Morgan fingerprint density at radius 2 is 2.00 bits per heavy atom. The summed E-state index contributed by atoms with van der Waals surface area (Å²) in [4.78, 5) is 12.5. The Labute approximate surface area is 117 Å². The number of ketones is 1. The van der Waals surface area contributed by atoms with Crippen LogP contribution < -0.4 is 4.74 Å². The van der Waals surface area contributed by atoms with Gasteiger partial charge in [-0.15, -0.1) is 0 Å². The number of benzene rings is 1. The molecule has 0 aliphatic carbocycles. The Balaban J connectivity index is 2.79. The van der Waals surface area contributed by atoms with E-state index in [4.69, 9.17) is 4.74 Å². The molecule has 0 fully saturated rings. The number of rotatable bonds is 8. The Bertz CT molecular complexity index is 396. The summed E-state index contributed by atoms with van der Waals surface area (Å²) in [7, 11) is 0. The maximum atomic E-state index is 12.5. The average molecular weight is 262 g/mol. The highest BCUT2D eigenvalue weighted by Crippen LogP contribution is 2.22. The van der Waals surface area contributed by atoms with Crippen LogP contribution >= 0.6 is 0 Å². The number of hydrogen-bond donors (Lipinski definition) is 0. The number of unbranched alkanes of at least 4 members (excludes halogenated alkanes) is 1. The minimum Gasteiger partial charge on any atom is -0.491 e. The van der Waals surface area contributed by atoms with Crippen molar-refractivity contribution >= 4 is 5.78 Å². The smallest absolute Gasteiger partial charge is 0.166 e. The zero-order valence-corrected chi connectivity index (χ0v) is 12.6. The van der Waals surface area contributed by atoms with E-state index in [0.717, 1.165) is 37.0 Å². The highest BCUT2D eigenvalue weighted by molar-refractivity contribution is 5.98. The van der Waals surface area contributed by atoms with E-state index in [1.165, 1.54) is 0 Å². The van der Waals surface area contributed by atoms with Gasteiger partial charge in [-0.2, -0.15) is 0 Å². The van der Waals surface area contributed by atoms with Gasteiger partial charge < -0.3 is 4.74 Å². The topological polar surface area (TPSA) is 26.3 Å². The van der Waals surface area contributed by atoms with Crippen molar-refractivity contribution in [3.8, 4) is 5.75 Å². The summed E-state index contributed by atoms with van der Waals surface area (Å²) in [6.45, 7) is 8.23. The molecule has 19 heavy (non-hydrogen) atoms. The molecule has 0 saturated heterocycles. The summed E-state index contributed by atoms with van der Waals surface area (Å²) in [6.07, 6.45) is 4.29. The van der Waals surface area contributed by atoms with Crippen molar-refractivity contribution in [1.82, 2.24) is 0 Å². The molecular formula is C17H26O2. The van der Waals surface area contributed by atoms with Crippen LogP contribution in [-0.4, -0.2) is 11.9 Å². The third-order valence-corrected chi connectivity index (χ3v) is 3.26. The Morgan fingerprint density at radius 1 is 1.26 bits per heavy atom. The maximum absolute atomic E-state index is 12.5. The van der Waals surface area contributed by atoms with E-state index in [1.54, 1.807) is 0 Å². The third kappa shape index (κ3) is 5.06. The van der Waals surface area contributed by atoms with Crippen LogP contribution in [0.4, 0.5) is 0 Å². The van der Waals surface area contributed by atoms with Gasteiger partial charge in [-0.1, -0.05) is 38.8 Å². The summed E-state index contributed by atoms with van der Waals surface area (Å²) in [6, 6.07) is 7.57. The fourth-order valence-electron chi connectivity index (χ4n) is 2.20. The van der Waals surface area contributed by atoms with Crippen molar-refractivity contribution in [2.45, 2.75) is 59.5 Å². The van der Waals surface area contributed by atoms with Gasteiger partial charge in [0.1, 0.15) is 5.75 Å². The number of Topliss-reactive ketones (excluding diaryl/α,β-unsaturated/α-hetero) is 1. The summed E-state index contributed by atoms with van der Waals surface area (Å²) >= 11 is 0. The van der Waals surface area contributed by atoms with Crippen molar-refractivity contribution in [3.05, 3.63) is 29.8 Å². The van der Waals surface area contributed by atoms with Gasteiger partial charge in [-0.25, -0.2) is 0 Å². The second-order valence-electron chi connectivity index (χ2n) is 5.31. The molecule has 2 nitrogen and oxygen atoms in total. The van der Waals surface area contributed by atoms with Gasteiger partial charge in [0.25, 0.3) is 0 Å². The molecule has 0 saturated carbocycles. The standard InChI is InChI=1S/C17H26O2/c1-5-7-9-14(6-2)17(18)15-10-8-11-16(12-15)19-13(3)4/h8,10-14H,5-7,9H2,1-4H3. The first-order valence-electron chi connectivity index (χ1n) is 7.39. The van der Waals surface area contributed by atoms with Crippen molar-refractivity contribution in [3.63, 3.8) is 0 Å². The van der Waals surface area contributed by atoms with Gasteiger partial charge in [0.05, 0.1) is 6.10 Å². The lowest BCUT2D eigenvalue weighted by atomic mass is 9.90. The number of hydrogen-bond acceptors (Lipinski definition) is 2. The largest absolute Gasteiger partial charge is 0.491 e. The van der Waals surface area contributed by atoms with E-state index in [1.807, 2.05) is 38.1 Å². The molecule has 0 aliphatic heterocycles. The molecule has 1 atom stereocenters. The first kappa shape index (κ1) is 15.7. The Hall–Kier alpha value is -1.31. The lowest BCUT2D eigenvalue weighted by Gasteiger charge is -2.15. The van der Waals surface area contributed by atoms with E-state index < -0.39 is 0 Å². The molecule has 0 bridgehead atoms. The van der Waals surface area contributed by atoms with Gasteiger partial charge in [-0.3, -0.25) is 4.79 Å². The molecule has 0 spiro atoms. The molecule has 106 valence electrons. The number of carbonyl (C=O) groups is 1. The second kappa shape index (κ2) is 7.98. The lowest BCUT2D eigenvalue weighted by molar-refractivity contribution is 0.0907. The quantitative estimate of drug-likeness (QED) is 0.624. The molecule has 1 unspecified atom stereocenters. The Kier molecular flexibility index (Phi) is 6.61. The van der Waals surface area contributed by atoms with Crippen molar-refractivity contribution in [2.75, 3.05) is 0 Å². The molecule has 1 aromatic carbocycles. The molecule has 0 aliphatic rings. The third-order valence-electron chi connectivity index (χ3n) is 3.26. The van der Waals surface area contributed by atoms with Crippen LogP contribution in [0.1, 0.15) is 63.7 Å². The van der Waals surface area contributed by atoms with Crippen LogP contribution in [0.25, 0.3) is 0 Å². The van der Waals surface area contributed by atoms with Crippen LogP contribution in [0.5, 0.6) is 5.75 Å². The van der Waals surface area contributed by atoms with Crippen molar-refractivity contribution in [1.29, 1.82) is 0 Å². The predicted molar refractivity (Wildman–Crippen MR) is 79.8 cm³/mol. The van der Waals surface area contributed by atoms with E-state index in [0.29, 0.717) is 0 Å². The zero-order chi connectivity index (χ0) is 14.3. The van der Waals surface area contributed by atoms with Crippen LogP contribution in [-0.2, 0) is 0 Å². The summed E-state index contributed by atoms with van der Waals surface area (Å²) in [5.41, 5.74) is 0.779. The first-order valence-corrected chi connectivity index (χ1v) is 7.39. The second-order valence-corrected chi connectivity index (χ2v) is 5.31. The minimum absolute atomic E-state index is 0.132. The maximum Gasteiger partial charge on any atom is 0.166 e. The molecular weight excluding hydrogens is 236 g/mol.